The van der Waals surface area contributed by atoms with Crippen molar-refractivity contribution in [1.82, 2.24) is 30.4 Å². The average molecular weight is 471 g/mol. The van der Waals surface area contributed by atoms with Crippen LogP contribution in [0.4, 0.5) is 4.39 Å². The number of nitrogens with zero attached hydrogens (tertiary/aromatic N) is 5. The number of nitrogens with one attached hydrogen (secondary N) is 1. The molecular weight excluding hydrogens is 439 g/mol. The zero-order valence-electron chi connectivity index (χ0n) is 20.2. The van der Waals surface area contributed by atoms with E-state index < -0.39 is 11.6 Å². The third-order valence-electron chi connectivity index (χ3n) is 5.02. The van der Waals surface area contributed by atoms with Crippen LogP contribution in [0.3, 0.4) is 0 Å². The van der Waals surface area contributed by atoms with Crippen LogP contribution in [0.2, 0.25) is 0 Å². The lowest BCUT2D eigenvalue weighted by atomic mass is 10.0. The molecule has 3 aromatic rings. The summed E-state index contributed by atoms with van der Waals surface area (Å²) in [5, 5.41) is 15.2. The minimum absolute atomic E-state index is 0.139. The Morgan fingerprint density at radius 3 is 2.47 bits per heavy atom. The first-order valence-electron chi connectivity index (χ1n) is 11.3. The third-order valence-corrected chi connectivity index (χ3v) is 5.02. The number of furan rings is 1. The molecule has 2 heterocycles. The topological polar surface area (TPSA) is 106 Å². The molecule has 0 spiro atoms. The summed E-state index contributed by atoms with van der Waals surface area (Å²) in [5.41, 5.74) is 0.245. The van der Waals surface area contributed by atoms with Gasteiger partial charge in [0.2, 0.25) is 17.6 Å². The Bertz CT molecular complexity index is 1120. The van der Waals surface area contributed by atoms with E-state index in [1.54, 1.807) is 31.2 Å². The summed E-state index contributed by atoms with van der Waals surface area (Å²) < 4.78 is 18.9. The number of amides is 2. The van der Waals surface area contributed by atoms with E-state index >= 15 is 0 Å². The molecular formula is C24H31FN6O3. The highest BCUT2D eigenvalue weighted by Crippen LogP contribution is 2.18. The maximum atomic E-state index is 13.4. The van der Waals surface area contributed by atoms with Crippen molar-refractivity contribution in [3.05, 3.63) is 53.5 Å². The maximum Gasteiger partial charge on any atom is 0.247 e. The fourth-order valence-electron chi connectivity index (χ4n) is 3.49. The van der Waals surface area contributed by atoms with E-state index in [-0.39, 0.29) is 36.5 Å². The van der Waals surface area contributed by atoms with Crippen LogP contribution in [0.1, 0.15) is 51.9 Å². The molecule has 3 rings (SSSR count). The number of halogens is 1. The van der Waals surface area contributed by atoms with Crippen molar-refractivity contribution >= 4 is 11.8 Å². The Morgan fingerprint density at radius 2 is 1.88 bits per heavy atom. The minimum Gasteiger partial charge on any atom is -0.458 e. The van der Waals surface area contributed by atoms with Gasteiger partial charge in [0.05, 0.1) is 0 Å². The van der Waals surface area contributed by atoms with Crippen LogP contribution < -0.4 is 5.32 Å². The smallest absolute Gasteiger partial charge is 0.247 e. The van der Waals surface area contributed by atoms with Gasteiger partial charge < -0.3 is 14.6 Å². The summed E-state index contributed by atoms with van der Waals surface area (Å²) in [6.45, 7) is 9.35. The molecule has 0 aliphatic heterocycles. The number of carbonyl (C=O) groups excluding carboxylic acids is 2. The van der Waals surface area contributed by atoms with Crippen LogP contribution in [-0.4, -0.2) is 48.5 Å². The molecule has 2 aromatic heterocycles. The van der Waals surface area contributed by atoms with E-state index in [1.165, 1.54) is 21.8 Å². The van der Waals surface area contributed by atoms with E-state index in [0.717, 1.165) is 0 Å². The largest absolute Gasteiger partial charge is 0.458 e. The molecule has 0 radical (unpaired) electrons. The zero-order chi connectivity index (χ0) is 24.9. The normalized spacial score (nSPS) is 12.4. The van der Waals surface area contributed by atoms with Gasteiger partial charge in [0.25, 0.3) is 0 Å². The Labute approximate surface area is 198 Å². The molecule has 34 heavy (non-hydrogen) atoms. The molecule has 0 saturated heterocycles. The van der Waals surface area contributed by atoms with Gasteiger partial charge in [-0.1, -0.05) is 25.5 Å². The van der Waals surface area contributed by atoms with Crippen LogP contribution >= 0.6 is 0 Å². The Balaban J connectivity index is 1.86. The number of aromatic nitrogens is 4. The zero-order valence-corrected chi connectivity index (χ0v) is 20.2. The average Bonchev–Trinajstić information content (AvgIpc) is 3.39. The summed E-state index contributed by atoms with van der Waals surface area (Å²) in [6.07, 6.45) is 1.16. The molecule has 0 aliphatic rings. The molecule has 0 bridgehead atoms. The quantitative estimate of drug-likeness (QED) is 0.513. The highest BCUT2D eigenvalue weighted by Gasteiger charge is 2.31. The van der Waals surface area contributed by atoms with Crippen molar-refractivity contribution in [3.8, 4) is 11.6 Å². The highest BCUT2D eigenvalue weighted by molar-refractivity contribution is 5.88. The predicted molar refractivity (Wildman–Crippen MR) is 124 cm³/mol. The molecule has 2 amide bonds. The van der Waals surface area contributed by atoms with Crippen molar-refractivity contribution < 1.29 is 18.4 Å². The summed E-state index contributed by atoms with van der Waals surface area (Å²) in [4.78, 5) is 29.3. The number of aryl methyl sites for hydroxylation is 1. The Kier molecular flexibility index (Phi) is 7.80. The monoisotopic (exact) mass is 470 g/mol. The molecule has 10 heteroatoms. The predicted octanol–water partition coefficient (Wildman–Crippen LogP) is 3.49. The van der Waals surface area contributed by atoms with Gasteiger partial charge in [-0.2, -0.15) is 4.80 Å². The van der Waals surface area contributed by atoms with Gasteiger partial charge in [-0.15, -0.1) is 10.2 Å². The second kappa shape index (κ2) is 10.6. The first-order chi connectivity index (χ1) is 16.1. The maximum absolute atomic E-state index is 13.4. The number of tetrazole rings is 1. The third kappa shape index (κ3) is 6.72. The van der Waals surface area contributed by atoms with Gasteiger partial charge in [0, 0.05) is 12.1 Å². The molecule has 9 nitrogen and oxygen atoms in total. The lowest BCUT2D eigenvalue weighted by Gasteiger charge is -2.33. The molecule has 1 atom stereocenters. The van der Waals surface area contributed by atoms with Gasteiger partial charge in [0.15, 0.2) is 5.76 Å². The van der Waals surface area contributed by atoms with Crippen molar-refractivity contribution in [2.75, 3.05) is 0 Å². The summed E-state index contributed by atoms with van der Waals surface area (Å²) in [5.74, 6) is 0.453. The number of hydrogen-bond donors (Lipinski definition) is 1. The molecule has 0 saturated carbocycles. The molecule has 1 N–H and O–H groups in total. The lowest BCUT2D eigenvalue weighted by Crippen LogP contribution is -2.54. The van der Waals surface area contributed by atoms with Crippen molar-refractivity contribution in [2.24, 2.45) is 0 Å². The van der Waals surface area contributed by atoms with E-state index in [0.29, 0.717) is 29.9 Å². The van der Waals surface area contributed by atoms with E-state index in [2.05, 4.69) is 20.7 Å². The van der Waals surface area contributed by atoms with E-state index in [1.807, 2.05) is 27.7 Å². The van der Waals surface area contributed by atoms with Crippen molar-refractivity contribution in [3.63, 3.8) is 0 Å². The van der Waals surface area contributed by atoms with Crippen molar-refractivity contribution in [1.29, 1.82) is 0 Å². The fraction of sp³-hybridized carbons (Fsp3) is 0.458. The first kappa shape index (κ1) is 25.1. The Morgan fingerprint density at radius 1 is 1.18 bits per heavy atom. The van der Waals surface area contributed by atoms with Gasteiger partial charge in [-0.05, 0) is 69.2 Å². The minimum atomic E-state index is -0.711. The Hall–Kier alpha value is -3.56. The SMILES string of the molecule is CCC[C@H](C(=O)NC(C)(C)C)N(Cc1ccc(F)cc1)C(=O)Cn1nnc(-c2ccc(C)o2)n1. The van der Waals surface area contributed by atoms with Crippen LogP contribution in [0.5, 0.6) is 0 Å². The van der Waals surface area contributed by atoms with E-state index in [4.69, 9.17) is 4.42 Å². The van der Waals surface area contributed by atoms with Crippen LogP contribution in [0, 0.1) is 12.7 Å². The van der Waals surface area contributed by atoms with Gasteiger partial charge in [-0.25, -0.2) is 4.39 Å². The fourth-order valence-corrected chi connectivity index (χ4v) is 3.49. The van der Waals surface area contributed by atoms with Crippen LogP contribution in [-0.2, 0) is 22.7 Å². The van der Waals surface area contributed by atoms with Gasteiger partial charge in [-0.3, -0.25) is 9.59 Å². The molecule has 1 aromatic carbocycles. The summed E-state index contributed by atoms with van der Waals surface area (Å²) in [7, 11) is 0. The van der Waals surface area contributed by atoms with Gasteiger partial charge >= 0.3 is 0 Å². The standard InChI is InChI=1S/C24H31FN6O3/c1-6-7-19(23(33)26-24(3,4)5)30(14-17-9-11-18(25)12-10-17)21(32)15-31-28-22(27-29-31)20-13-8-16(2)34-20/h8-13,19H,6-7,14-15H2,1-5H3,(H,26,33)/t19-/m1/s1. The second-order valence-electron chi connectivity index (χ2n) is 9.25. The molecule has 0 fully saturated rings. The molecule has 0 unspecified atom stereocenters. The number of hydrogen-bond acceptors (Lipinski definition) is 6. The van der Waals surface area contributed by atoms with E-state index in [9.17, 15) is 14.0 Å². The number of benzene rings is 1. The highest BCUT2D eigenvalue weighted by atomic mass is 19.1. The number of rotatable bonds is 9. The lowest BCUT2D eigenvalue weighted by molar-refractivity contribution is -0.143. The van der Waals surface area contributed by atoms with Crippen molar-refractivity contribution in [2.45, 2.75) is 72.1 Å². The molecule has 0 aliphatic carbocycles. The van der Waals surface area contributed by atoms with Crippen LogP contribution in [0.15, 0.2) is 40.8 Å². The summed E-state index contributed by atoms with van der Waals surface area (Å²) in [6, 6.07) is 8.67. The summed E-state index contributed by atoms with van der Waals surface area (Å²) >= 11 is 0. The molecule has 182 valence electrons. The number of carbonyl (C=O) groups is 2. The second-order valence-corrected chi connectivity index (χ2v) is 9.25. The van der Waals surface area contributed by atoms with Gasteiger partial charge in [0.1, 0.15) is 24.2 Å². The first-order valence-corrected chi connectivity index (χ1v) is 11.3. The van der Waals surface area contributed by atoms with Crippen LogP contribution in [0.25, 0.3) is 11.6 Å².